The van der Waals surface area contributed by atoms with E-state index in [0.29, 0.717) is 16.4 Å². The quantitative estimate of drug-likeness (QED) is 0.737. The number of carbonyl (C=O) groups is 1. The molecule has 5 heteroatoms. The molecule has 4 nitrogen and oxygen atoms in total. The van der Waals surface area contributed by atoms with Crippen molar-refractivity contribution in [2.75, 3.05) is 11.1 Å². The number of amides is 1. The lowest BCUT2D eigenvalue weighted by Gasteiger charge is -2.10. The number of benzene rings is 2. The molecule has 0 heterocycles. The number of halogens is 1. The molecule has 0 fully saturated rings. The lowest BCUT2D eigenvalue weighted by Crippen LogP contribution is -2.13. The van der Waals surface area contributed by atoms with Crippen LogP contribution in [0.5, 0.6) is 5.75 Å². The van der Waals surface area contributed by atoms with Gasteiger partial charge >= 0.3 is 0 Å². The maximum atomic E-state index is 12.0. The number of anilines is 2. The van der Waals surface area contributed by atoms with Crippen molar-refractivity contribution in [2.45, 2.75) is 6.92 Å². The van der Waals surface area contributed by atoms with Gasteiger partial charge in [-0.1, -0.05) is 17.7 Å². The molecule has 1 amide bonds. The number of aromatic hydroxyl groups is 1. The molecule has 19 heavy (non-hydrogen) atoms. The number of hydrogen-bond acceptors (Lipinski definition) is 3. The summed E-state index contributed by atoms with van der Waals surface area (Å²) in [6, 6.07) is 9.62. The third-order valence-electron chi connectivity index (χ3n) is 2.66. The second kappa shape index (κ2) is 5.20. The molecule has 0 unspecified atom stereocenters. The van der Waals surface area contributed by atoms with Crippen molar-refractivity contribution >= 4 is 28.9 Å². The number of nitrogens with two attached hydrogens (primary N) is 1. The second-order valence-electron chi connectivity index (χ2n) is 4.21. The number of aryl methyl sites for hydroxylation is 1. The van der Waals surface area contributed by atoms with Gasteiger partial charge in [0, 0.05) is 5.02 Å². The molecule has 0 spiro atoms. The van der Waals surface area contributed by atoms with Gasteiger partial charge in [-0.3, -0.25) is 4.79 Å². The molecule has 2 aromatic rings. The van der Waals surface area contributed by atoms with Crippen LogP contribution >= 0.6 is 11.6 Å². The number of phenolic OH excluding ortho intramolecular Hbond substituents is 1. The minimum atomic E-state index is -0.438. The van der Waals surface area contributed by atoms with Crippen molar-refractivity contribution in [3.05, 3.63) is 52.5 Å². The topological polar surface area (TPSA) is 75.4 Å². The molecule has 4 N–H and O–H groups in total. The van der Waals surface area contributed by atoms with E-state index >= 15 is 0 Å². The van der Waals surface area contributed by atoms with E-state index in [1.54, 1.807) is 30.3 Å². The van der Waals surface area contributed by atoms with Crippen LogP contribution in [-0.2, 0) is 0 Å². The van der Waals surface area contributed by atoms with Crippen LogP contribution in [0.2, 0.25) is 5.02 Å². The smallest absolute Gasteiger partial charge is 0.259 e. The largest absolute Gasteiger partial charge is 0.507 e. The summed E-state index contributed by atoms with van der Waals surface area (Å²) in [7, 11) is 0. The van der Waals surface area contributed by atoms with E-state index in [1.807, 2.05) is 6.92 Å². The predicted octanol–water partition coefficient (Wildman–Crippen LogP) is 3.19. The van der Waals surface area contributed by atoms with Gasteiger partial charge in [-0.05, 0) is 42.8 Å². The van der Waals surface area contributed by atoms with Gasteiger partial charge in [0.2, 0.25) is 0 Å². The first-order valence-corrected chi connectivity index (χ1v) is 6.01. The van der Waals surface area contributed by atoms with Crippen LogP contribution in [0.3, 0.4) is 0 Å². The molecule has 2 rings (SSSR count). The van der Waals surface area contributed by atoms with Crippen molar-refractivity contribution in [1.29, 1.82) is 0 Å². The number of carbonyl (C=O) groups excluding carboxylic acids is 1. The number of rotatable bonds is 2. The highest BCUT2D eigenvalue weighted by atomic mass is 35.5. The first-order valence-electron chi connectivity index (χ1n) is 5.63. The molecular weight excluding hydrogens is 264 g/mol. The molecule has 0 radical (unpaired) electrons. The Labute approximate surface area is 115 Å². The van der Waals surface area contributed by atoms with Gasteiger partial charge in [-0.2, -0.15) is 0 Å². The molecule has 0 atom stereocenters. The Bertz CT molecular complexity index is 641. The molecule has 0 aromatic heterocycles. The summed E-state index contributed by atoms with van der Waals surface area (Å²) in [6.07, 6.45) is 0. The molecular formula is C14H13ClN2O2. The highest BCUT2D eigenvalue weighted by Gasteiger charge is 2.12. The molecule has 0 bridgehead atoms. The van der Waals surface area contributed by atoms with Crippen molar-refractivity contribution in [1.82, 2.24) is 0 Å². The zero-order chi connectivity index (χ0) is 14.0. The summed E-state index contributed by atoms with van der Waals surface area (Å²) < 4.78 is 0. The SMILES string of the molecule is Cc1ccc(C(=O)Nc2cc(Cl)ccc2N)c(O)c1. The number of nitrogen functional groups attached to an aromatic ring is 1. The van der Waals surface area contributed by atoms with E-state index < -0.39 is 5.91 Å². The van der Waals surface area contributed by atoms with Crippen LogP contribution in [0, 0.1) is 6.92 Å². The third kappa shape index (κ3) is 2.98. The maximum Gasteiger partial charge on any atom is 0.259 e. The summed E-state index contributed by atoms with van der Waals surface area (Å²) >= 11 is 5.84. The minimum absolute atomic E-state index is 0.0712. The molecule has 98 valence electrons. The molecule has 0 aliphatic heterocycles. The van der Waals surface area contributed by atoms with Gasteiger partial charge in [0.15, 0.2) is 0 Å². The Hall–Kier alpha value is -2.20. The second-order valence-corrected chi connectivity index (χ2v) is 4.64. The summed E-state index contributed by atoms with van der Waals surface area (Å²) in [5.41, 5.74) is 7.62. The van der Waals surface area contributed by atoms with Crippen LogP contribution in [0.4, 0.5) is 11.4 Å². The predicted molar refractivity (Wildman–Crippen MR) is 76.7 cm³/mol. The Balaban J connectivity index is 2.28. The molecule has 0 saturated heterocycles. The van der Waals surface area contributed by atoms with Crippen LogP contribution in [0.15, 0.2) is 36.4 Å². The Morgan fingerprint density at radius 1 is 1.26 bits per heavy atom. The monoisotopic (exact) mass is 276 g/mol. The lowest BCUT2D eigenvalue weighted by molar-refractivity contribution is 0.102. The van der Waals surface area contributed by atoms with Crippen molar-refractivity contribution in [2.24, 2.45) is 0 Å². The average molecular weight is 277 g/mol. The number of phenols is 1. The third-order valence-corrected chi connectivity index (χ3v) is 2.90. The van der Waals surface area contributed by atoms with Crippen LogP contribution in [0.25, 0.3) is 0 Å². The van der Waals surface area contributed by atoms with E-state index in [-0.39, 0.29) is 11.3 Å². The van der Waals surface area contributed by atoms with Gasteiger partial charge in [-0.15, -0.1) is 0 Å². The van der Waals surface area contributed by atoms with Crippen molar-refractivity contribution in [3.63, 3.8) is 0 Å². The standard InChI is InChI=1S/C14H13ClN2O2/c1-8-2-4-10(13(18)6-8)14(19)17-12-7-9(15)3-5-11(12)16/h2-7,18H,16H2,1H3,(H,17,19). The number of hydrogen-bond donors (Lipinski definition) is 3. The Morgan fingerprint density at radius 3 is 2.68 bits per heavy atom. The normalized spacial score (nSPS) is 10.2. The molecule has 0 saturated carbocycles. The average Bonchev–Trinajstić information content (AvgIpc) is 2.33. The highest BCUT2D eigenvalue weighted by molar-refractivity contribution is 6.31. The molecule has 0 aliphatic rings. The van der Waals surface area contributed by atoms with Gasteiger partial charge in [0.25, 0.3) is 5.91 Å². The molecule has 0 aliphatic carbocycles. The van der Waals surface area contributed by atoms with E-state index in [4.69, 9.17) is 17.3 Å². The van der Waals surface area contributed by atoms with Gasteiger partial charge in [0.1, 0.15) is 5.75 Å². The van der Waals surface area contributed by atoms with Gasteiger partial charge in [-0.25, -0.2) is 0 Å². The molecule has 2 aromatic carbocycles. The summed E-state index contributed by atoms with van der Waals surface area (Å²) in [6.45, 7) is 1.83. The van der Waals surface area contributed by atoms with Crippen LogP contribution in [0.1, 0.15) is 15.9 Å². The van der Waals surface area contributed by atoms with Gasteiger partial charge in [0.05, 0.1) is 16.9 Å². The Kier molecular flexibility index (Phi) is 3.62. The fourth-order valence-electron chi connectivity index (χ4n) is 1.66. The fraction of sp³-hybridized carbons (Fsp3) is 0.0714. The zero-order valence-corrected chi connectivity index (χ0v) is 11.0. The first kappa shape index (κ1) is 13.2. The fourth-order valence-corrected chi connectivity index (χ4v) is 1.83. The number of nitrogens with one attached hydrogen (secondary N) is 1. The zero-order valence-electron chi connectivity index (χ0n) is 10.3. The van der Waals surface area contributed by atoms with Crippen molar-refractivity contribution < 1.29 is 9.90 Å². The van der Waals surface area contributed by atoms with Crippen LogP contribution in [-0.4, -0.2) is 11.0 Å². The Morgan fingerprint density at radius 2 is 2.00 bits per heavy atom. The summed E-state index contributed by atoms with van der Waals surface area (Å²) in [4.78, 5) is 12.0. The lowest BCUT2D eigenvalue weighted by atomic mass is 10.1. The van der Waals surface area contributed by atoms with Gasteiger partial charge < -0.3 is 16.2 Å². The minimum Gasteiger partial charge on any atom is -0.507 e. The van der Waals surface area contributed by atoms with E-state index in [1.165, 1.54) is 6.07 Å². The van der Waals surface area contributed by atoms with Crippen molar-refractivity contribution in [3.8, 4) is 5.75 Å². The highest BCUT2D eigenvalue weighted by Crippen LogP contribution is 2.25. The summed E-state index contributed by atoms with van der Waals surface area (Å²) in [5.74, 6) is -0.510. The first-order chi connectivity index (χ1) is 8.97. The van der Waals surface area contributed by atoms with E-state index in [9.17, 15) is 9.90 Å². The van der Waals surface area contributed by atoms with E-state index in [2.05, 4.69) is 5.32 Å². The summed E-state index contributed by atoms with van der Waals surface area (Å²) in [5, 5.41) is 12.8. The van der Waals surface area contributed by atoms with E-state index in [0.717, 1.165) is 5.56 Å². The maximum absolute atomic E-state index is 12.0. The van der Waals surface area contributed by atoms with Crippen LogP contribution < -0.4 is 11.1 Å².